The fraction of sp³-hybridized carbons (Fsp3) is 0.481. The number of nitrogens with one attached hydrogen (secondary N) is 1. The van der Waals surface area contributed by atoms with Crippen LogP contribution in [-0.2, 0) is 21.9 Å². The van der Waals surface area contributed by atoms with Gasteiger partial charge in [0.05, 0.1) is 5.75 Å². The number of hydrogen-bond acceptors (Lipinski definition) is 3. The monoisotopic (exact) mass is 520 g/mol. The van der Waals surface area contributed by atoms with E-state index in [1.807, 2.05) is 13.0 Å². The number of thioether (sulfide) groups is 1. The Morgan fingerprint density at radius 1 is 1.09 bits per heavy atom. The van der Waals surface area contributed by atoms with Crippen LogP contribution in [0.5, 0.6) is 0 Å². The van der Waals surface area contributed by atoms with Crippen molar-refractivity contribution in [2.45, 2.75) is 76.8 Å². The summed E-state index contributed by atoms with van der Waals surface area (Å²) in [6.45, 7) is 4.21. The number of aryl methyl sites for hydroxylation is 1. The quantitative estimate of drug-likeness (QED) is 0.375. The second-order valence-corrected chi connectivity index (χ2v) is 10.8. The second kappa shape index (κ2) is 13.4. The molecule has 2 aromatic carbocycles. The lowest BCUT2D eigenvalue weighted by Crippen LogP contribution is -2.52. The fourth-order valence-electron chi connectivity index (χ4n) is 4.46. The maximum atomic E-state index is 13.5. The predicted octanol–water partition coefficient (Wildman–Crippen LogP) is 6.79. The molecule has 2 amide bonds. The number of hydrogen-bond donors (Lipinski definition) is 1. The average molecular weight is 522 g/mol. The van der Waals surface area contributed by atoms with Crippen LogP contribution < -0.4 is 5.32 Å². The van der Waals surface area contributed by atoms with Gasteiger partial charge in [0.2, 0.25) is 11.8 Å². The maximum absolute atomic E-state index is 13.5. The number of nitrogens with zero attached hydrogens (tertiary/aromatic N) is 1. The summed E-state index contributed by atoms with van der Waals surface area (Å²) in [5.74, 6) is 0.844. The van der Waals surface area contributed by atoms with Crippen LogP contribution in [0, 0.1) is 6.92 Å². The minimum absolute atomic E-state index is 0.0840. The van der Waals surface area contributed by atoms with Crippen molar-refractivity contribution in [3.8, 4) is 0 Å². The highest BCUT2D eigenvalue weighted by atomic mass is 35.5. The molecule has 2 aromatic rings. The van der Waals surface area contributed by atoms with Crippen LogP contribution in [0.2, 0.25) is 10.0 Å². The van der Waals surface area contributed by atoms with E-state index in [0.717, 1.165) is 31.4 Å². The lowest BCUT2D eigenvalue weighted by atomic mass is 9.95. The van der Waals surface area contributed by atoms with E-state index in [2.05, 4.69) is 30.4 Å². The minimum Gasteiger partial charge on any atom is -0.352 e. The highest BCUT2D eigenvalue weighted by Gasteiger charge is 2.31. The molecule has 1 fully saturated rings. The molecule has 0 saturated heterocycles. The molecular weight excluding hydrogens is 487 g/mol. The van der Waals surface area contributed by atoms with E-state index in [0.29, 0.717) is 22.0 Å². The molecular formula is C27H34Cl2N2O2S. The zero-order valence-electron chi connectivity index (χ0n) is 20.0. The van der Waals surface area contributed by atoms with E-state index >= 15 is 0 Å². The van der Waals surface area contributed by atoms with Crippen LogP contribution in [0.15, 0.2) is 42.5 Å². The molecule has 0 aromatic heterocycles. The van der Waals surface area contributed by atoms with Gasteiger partial charge >= 0.3 is 0 Å². The summed E-state index contributed by atoms with van der Waals surface area (Å²) in [6, 6.07) is 13.2. The van der Waals surface area contributed by atoms with E-state index in [1.54, 1.807) is 34.9 Å². The Bertz CT molecular complexity index is 959. The van der Waals surface area contributed by atoms with Gasteiger partial charge in [0.15, 0.2) is 0 Å². The Morgan fingerprint density at radius 2 is 1.76 bits per heavy atom. The first-order valence-electron chi connectivity index (χ1n) is 12.0. The van der Waals surface area contributed by atoms with Crippen molar-refractivity contribution in [2.75, 3.05) is 5.75 Å². The Balaban J connectivity index is 1.75. The summed E-state index contributed by atoms with van der Waals surface area (Å²) in [4.78, 5) is 28.4. The van der Waals surface area contributed by atoms with Gasteiger partial charge in [-0.05, 0) is 43.9 Å². The molecule has 3 rings (SSSR count). The maximum Gasteiger partial charge on any atom is 0.243 e. The van der Waals surface area contributed by atoms with Crippen LogP contribution in [-0.4, -0.2) is 34.6 Å². The van der Waals surface area contributed by atoms with Gasteiger partial charge in [0.1, 0.15) is 6.04 Å². The molecule has 0 spiro atoms. The predicted molar refractivity (Wildman–Crippen MR) is 143 cm³/mol. The normalized spacial score (nSPS) is 15.1. The Morgan fingerprint density at radius 3 is 2.41 bits per heavy atom. The van der Waals surface area contributed by atoms with E-state index < -0.39 is 6.04 Å². The number of carbonyl (C=O) groups is 2. The van der Waals surface area contributed by atoms with Crippen molar-refractivity contribution in [3.05, 3.63) is 69.2 Å². The smallest absolute Gasteiger partial charge is 0.243 e. The van der Waals surface area contributed by atoms with E-state index in [9.17, 15) is 9.59 Å². The van der Waals surface area contributed by atoms with Gasteiger partial charge in [-0.1, -0.05) is 85.3 Å². The summed E-state index contributed by atoms with van der Waals surface area (Å²) in [5.41, 5.74) is 3.05. The minimum atomic E-state index is -0.568. The molecule has 1 N–H and O–H groups in total. The third kappa shape index (κ3) is 7.66. The summed E-state index contributed by atoms with van der Waals surface area (Å²) >= 11 is 14.4. The molecule has 184 valence electrons. The Labute approximate surface area is 217 Å². The van der Waals surface area contributed by atoms with Crippen molar-refractivity contribution >= 4 is 46.8 Å². The Hall–Kier alpha value is -1.69. The van der Waals surface area contributed by atoms with Crippen LogP contribution in [0.4, 0.5) is 0 Å². The summed E-state index contributed by atoms with van der Waals surface area (Å²) in [6.07, 6.45) is 6.01. The molecule has 0 bridgehead atoms. The lowest BCUT2D eigenvalue weighted by Gasteiger charge is -2.33. The summed E-state index contributed by atoms with van der Waals surface area (Å²) in [7, 11) is 0. The standard InChI is InChI=1S/C27H34Cl2N2O2S/c1-3-25(27(33)30-21-11-5-4-6-12-21)31(16-22-23(28)13-8-14-24(22)29)26(32)18-34-17-20-10-7-9-19(2)15-20/h7-10,13-15,21,25H,3-6,11-12,16-18H2,1-2H3,(H,30,33)/t25-/m1/s1. The van der Waals surface area contributed by atoms with E-state index in [4.69, 9.17) is 23.2 Å². The van der Waals surface area contributed by atoms with Gasteiger partial charge in [-0.2, -0.15) is 0 Å². The fourth-order valence-corrected chi connectivity index (χ4v) is 5.83. The number of carbonyl (C=O) groups excluding carboxylic acids is 2. The van der Waals surface area contributed by atoms with Crippen molar-refractivity contribution in [1.29, 1.82) is 0 Å². The van der Waals surface area contributed by atoms with Gasteiger partial charge in [-0.15, -0.1) is 11.8 Å². The number of halogens is 2. The largest absolute Gasteiger partial charge is 0.352 e. The molecule has 0 radical (unpaired) electrons. The molecule has 4 nitrogen and oxygen atoms in total. The van der Waals surface area contributed by atoms with E-state index in [-0.39, 0.29) is 30.2 Å². The lowest BCUT2D eigenvalue weighted by molar-refractivity contribution is -0.139. The molecule has 1 aliphatic rings. The number of amides is 2. The van der Waals surface area contributed by atoms with Gasteiger partial charge in [0, 0.05) is 33.9 Å². The number of benzene rings is 2. The van der Waals surface area contributed by atoms with Crippen molar-refractivity contribution < 1.29 is 9.59 Å². The van der Waals surface area contributed by atoms with Crippen LogP contribution in [0.25, 0.3) is 0 Å². The third-order valence-electron chi connectivity index (χ3n) is 6.30. The van der Waals surface area contributed by atoms with E-state index in [1.165, 1.54) is 17.5 Å². The van der Waals surface area contributed by atoms with Crippen LogP contribution >= 0.6 is 35.0 Å². The highest BCUT2D eigenvalue weighted by molar-refractivity contribution is 7.99. The van der Waals surface area contributed by atoms with Gasteiger partial charge in [0.25, 0.3) is 0 Å². The molecule has 0 unspecified atom stereocenters. The van der Waals surface area contributed by atoms with Gasteiger partial charge in [-0.25, -0.2) is 0 Å². The van der Waals surface area contributed by atoms with Gasteiger partial charge < -0.3 is 10.2 Å². The molecule has 0 aliphatic heterocycles. The molecule has 1 saturated carbocycles. The number of rotatable bonds is 10. The molecule has 34 heavy (non-hydrogen) atoms. The van der Waals surface area contributed by atoms with Crippen LogP contribution in [0.3, 0.4) is 0 Å². The first-order valence-corrected chi connectivity index (χ1v) is 14.0. The first kappa shape index (κ1) is 26.9. The molecule has 0 heterocycles. The zero-order valence-corrected chi connectivity index (χ0v) is 22.3. The summed E-state index contributed by atoms with van der Waals surface area (Å²) in [5, 5.41) is 4.20. The highest BCUT2D eigenvalue weighted by Crippen LogP contribution is 2.28. The molecule has 1 aliphatic carbocycles. The molecule has 7 heteroatoms. The van der Waals surface area contributed by atoms with Crippen molar-refractivity contribution in [1.82, 2.24) is 10.2 Å². The molecule has 1 atom stereocenters. The van der Waals surface area contributed by atoms with Crippen molar-refractivity contribution in [3.63, 3.8) is 0 Å². The average Bonchev–Trinajstić information content (AvgIpc) is 2.81. The third-order valence-corrected chi connectivity index (χ3v) is 8.00. The zero-order chi connectivity index (χ0) is 24.5. The SMILES string of the molecule is CC[C@H](C(=O)NC1CCCCC1)N(Cc1c(Cl)cccc1Cl)C(=O)CSCc1cccc(C)c1. The van der Waals surface area contributed by atoms with Crippen LogP contribution in [0.1, 0.15) is 62.1 Å². The van der Waals surface area contributed by atoms with Crippen molar-refractivity contribution in [2.24, 2.45) is 0 Å². The Kier molecular flexibility index (Phi) is 10.6. The van der Waals surface area contributed by atoms with Gasteiger partial charge in [-0.3, -0.25) is 9.59 Å². The second-order valence-electron chi connectivity index (χ2n) is 8.97. The summed E-state index contributed by atoms with van der Waals surface area (Å²) < 4.78 is 0. The first-order chi connectivity index (χ1) is 16.4. The topological polar surface area (TPSA) is 49.4 Å².